The van der Waals surface area contributed by atoms with Crippen molar-refractivity contribution in [1.82, 2.24) is 0 Å². The van der Waals surface area contributed by atoms with Gasteiger partial charge in [0.15, 0.2) is 11.5 Å². The van der Waals surface area contributed by atoms with Gasteiger partial charge >= 0.3 is 0 Å². The molecule has 0 bridgehead atoms. The number of benzene rings is 1. The molecule has 0 spiro atoms. The highest BCUT2D eigenvalue weighted by molar-refractivity contribution is 6.33. The molecule has 1 fully saturated rings. The number of ether oxygens (including phenoxy) is 2. The van der Waals surface area contributed by atoms with Gasteiger partial charge in [-0.25, -0.2) is 0 Å². The van der Waals surface area contributed by atoms with Gasteiger partial charge < -0.3 is 14.8 Å². The van der Waals surface area contributed by atoms with Crippen molar-refractivity contribution >= 4 is 17.3 Å². The van der Waals surface area contributed by atoms with Crippen LogP contribution in [0.4, 0.5) is 5.69 Å². The Balaban J connectivity index is 1.79. The molecule has 1 aliphatic heterocycles. The zero-order valence-electron chi connectivity index (χ0n) is 9.83. The fraction of sp³-hybridized carbons (Fsp3) is 0.538. The molecule has 1 aliphatic carbocycles. The van der Waals surface area contributed by atoms with Gasteiger partial charge in [0.25, 0.3) is 0 Å². The van der Waals surface area contributed by atoms with E-state index in [4.69, 9.17) is 21.1 Å². The number of fused-ring (bicyclic) bond motifs is 1. The van der Waals surface area contributed by atoms with Crippen molar-refractivity contribution in [3.63, 3.8) is 0 Å². The van der Waals surface area contributed by atoms with E-state index in [0.717, 1.165) is 23.1 Å². The van der Waals surface area contributed by atoms with Crippen molar-refractivity contribution in [2.45, 2.75) is 25.8 Å². The Labute approximate surface area is 106 Å². The summed E-state index contributed by atoms with van der Waals surface area (Å²) in [5.41, 5.74) is 0.952. The largest absolute Gasteiger partial charge is 0.486 e. The fourth-order valence-corrected chi connectivity index (χ4v) is 2.62. The van der Waals surface area contributed by atoms with Crippen molar-refractivity contribution in [2.75, 3.05) is 18.5 Å². The minimum absolute atomic E-state index is 0.546. The Bertz CT molecular complexity index is 430. The summed E-state index contributed by atoms with van der Waals surface area (Å²) in [6, 6.07) is 4.32. The highest BCUT2D eigenvalue weighted by Gasteiger charge is 2.26. The summed E-state index contributed by atoms with van der Waals surface area (Å²) < 4.78 is 11.0. The van der Waals surface area contributed by atoms with E-state index in [0.29, 0.717) is 24.3 Å². The quantitative estimate of drug-likeness (QED) is 0.877. The summed E-state index contributed by atoms with van der Waals surface area (Å²) in [6.45, 7) is 3.47. The Morgan fingerprint density at radius 3 is 2.47 bits per heavy atom. The van der Waals surface area contributed by atoms with Crippen LogP contribution in [0.3, 0.4) is 0 Å². The van der Waals surface area contributed by atoms with Crippen LogP contribution < -0.4 is 14.8 Å². The molecule has 0 atom stereocenters. The zero-order valence-corrected chi connectivity index (χ0v) is 10.6. The number of hydrogen-bond donors (Lipinski definition) is 1. The van der Waals surface area contributed by atoms with Gasteiger partial charge in [-0.2, -0.15) is 0 Å². The predicted octanol–water partition coefficient (Wildman–Crippen LogP) is 3.32. The van der Waals surface area contributed by atoms with Crippen LogP contribution in [-0.2, 0) is 0 Å². The van der Waals surface area contributed by atoms with Crippen LogP contribution in [0, 0.1) is 5.92 Å². The molecule has 1 aromatic rings. The molecule has 1 heterocycles. The highest BCUT2D eigenvalue weighted by atomic mass is 35.5. The normalized spacial score (nSPS) is 26.2. The molecule has 92 valence electrons. The summed E-state index contributed by atoms with van der Waals surface area (Å²) in [7, 11) is 0. The van der Waals surface area contributed by atoms with E-state index in [1.54, 1.807) is 0 Å². The van der Waals surface area contributed by atoms with Crippen LogP contribution in [0.25, 0.3) is 0 Å². The minimum Gasteiger partial charge on any atom is -0.486 e. The summed E-state index contributed by atoms with van der Waals surface area (Å²) in [5, 5.41) is 4.16. The standard InChI is InChI=1S/C13H16ClNO2/c1-8-4-9(5-8)15-11-7-13-12(6-10(11)14)16-2-3-17-13/h6-9,15H,2-5H2,1H3. The number of anilines is 1. The maximum absolute atomic E-state index is 6.22. The molecule has 3 rings (SSSR count). The molecule has 1 aromatic carbocycles. The Kier molecular flexibility index (Phi) is 2.79. The number of hydrogen-bond acceptors (Lipinski definition) is 3. The molecule has 0 unspecified atom stereocenters. The first-order chi connectivity index (χ1) is 8.22. The van der Waals surface area contributed by atoms with Crippen molar-refractivity contribution in [1.29, 1.82) is 0 Å². The molecule has 0 amide bonds. The molecular weight excluding hydrogens is 238 g/mol. The van der Waals surface area contributed by atoms with Crippen molar-refractivity contribution in [3.8, 4) is 11.5 Å². The maximum Gasteiger partial charge on any atom is 0.163 e. The molecule has 17 heavy (non-hydrogen) atoms. The number of rotatable bonds is 2. The van der Waals surface area contributed by atoms with Crippen LogP contribution in [0.15, 0.2) is 12.1 Å². The van der Waals surface area contributed by atoms with Gasteiger partial charge in [0.1, 0.15) is 13.2 Å². The first-order valence-electron chi connectivity index (χ1n) is 6.08. The number of nitrogens with one attached hydrogen (secondary N) is 1. The van der Waals surface area contributed by atoms with Crippen molar-refractivity contribution in [2.24, 2.45) is 5.92 Å². The second-order valence-corrected chi connectivity index (χ2v) is 5.30. The lowest BCUT2D eigenvalue weighted by molar-refractivity contribution is 0.171. The van der Waals surface area contributed by atoms with E-state index in [9.17, 15) is 0 Å². The monoisotopic (exact) mass is 253 g/mol. The van der Waals surface area contributed by atoms with E-state index >= 15 is 0 Å². The summed E-state index contributed by atoms with van der Waals surface area (Å²) >= 11 is 6.22. The fourth-order valence-electron chi connectivity index (χ4n) is 2.41. The zero-order chi connectivity index (χ0) is 11.8. The SMILES string of the molecule is CC1CC(Nc2cc3c(cc2Cl)OCCO3)C1. The van der Waals surface area contributed by atoms with Crippen LogP contribution >= 0.6 is 11.6 Å². The second-order valence-electron chi connectivity index (χ2n) is 4.89. The Hall–Kier alpha value is -1.09. The smallest absolute Gasteiger partial charge is 0.163 e. The maximum atomic E-state index is 6.22. The van der Waals surface area contributed by atoms with Gasteiger partial charge in [-0.3, -0.25) is 0 Å². The van der Waals surface area contributed by atoms with Crippen LogP contribution in [-0.4, -0.2) is 19.3 Å². The molecule has 0 saturated heterocycles. The molecule has 0 radical (unpaired) electrons. The first-order valence-corrected chi connectivity index (χ1v) is 6.46. The molecule has 1 saturated carbocycles. The summed E-state index contributed by atoms with van der Waals surface area (Å²) in [6.07, 6.45) is 2.43. The lowest BCUT2D eigenvalue weighted by Crippen LogP contribution is -2.33. The predicted molar refractivity (Wildman–Crippen MR) is 68.3 cm³/mol. The Morgan fingerprint density at radius 2 is 1.82 bits per heavy atom. The van der Waals surface area contributed by atoms with Gasteiger partial charge in [0, 0.05) is 18.2 Å². The third kappa shape index (κ3) is 2.16. The molecule has 4 heteroatoms. The molecule has 3 nitrogen and oxygen atoms in total. The second kappa shape index (κ2) is 4.30. The van der Waals surface area contributed by atoms with Crippen LogP contribution in [0.5, 0.6) is 11.5 Å². The lowest BCUT2D eigenvalue weighted by Gasteiger charge is -2.34. The van der Waals surface area contributed by atoms with Crippen molar-refractivity contribution < 1.29 is 9.47 Å². The van der Waals surface area contributed by atoms with E-state index in [2.05, 4.69) is 12.2 Å². The third-order valence-corrected chi connectivity index (χ3v) is 3.68. The summed E-state index contributed by atoms with van der Waals surface area (Å²) in [5.74, 6) is 2.35. The molecule has 2 aliphatic rings. The van der Waals surface area contributed by atoms with Gasteiger partial charge in [-0.05, 0) is 18.8 Å². The van der Waals surface area contributed by atoms with Crippen LogP contribution in [0.2, 0.25) is 5.02 Å². The topological polar surface area (TPSA) is 30.5 Å². The molecular formula is C13H16ClNO2. The Morgan fingerprint density at radius 1 is 1.18 bits per heavy atom. The van der Waals surface area contributed by atoms with Crippen LogP contribution in [0.1, 0.15) is 19.8 Å². The van der Waals surface area contributed by atoms with E-state index < -0.39 is 0 Å². The number of halogens is 1. The van der Waals surface area contributed by atoms with E-state index in [1.165, 1.54) is 12.8 Å². The van der Waals surface area contributed by atoms with E-state index in [-0.39, 0.29) is 0 Å². The van der Waals surface area contributed by atoms with Gasteiger partial charge in [0.2, 0.25) is 0 Å². The summed E-state index contributed by atoms with van der Waals surface area (Å²) in [4.78, 5) is 0. The minimum atomic E-state index is 0.546. The van der Waals surface area contributed by atoms with Gasteiger partial charge in [-0.15, -0.1) is 0 Å². The molecule has 0 aromatic heterocycles. The molecule has 1 N–H and O–H groups in total. The van der Waals surface area contributed by atoms with Gasteiger partial charge in [0.05, 0.1) is 10.7 Å². The average molecular weight is 254 g/mol. The van der Waals surface area contributed by atoms with Crippen molar-refractivity contribution in [3.05, 3.63) is 17.2 Å². The third-order valence-electron chi connectivity index (χ3n) is 3.37. The van der Waals surface area contributed by atoms with E-state index in [1.807, 2.05) is 12.1 Å². The lowest BCUT2D eigenvalue weighted by atomic mass is 9.82. The van der Waals surface area contributed by atoms with Gasteiger partial charge in [-0.1, -0.05) is 18.5 Å². The average Bonchev–Trinajstić information content (AvgIpc) is 2.28. The highest BCUT2D eigenvalue weighted by Crippen LogP contribution is 2.39. The first kappa shape index (κ1) is 11.0.